The van der Waals surface area contributed by atoms with Gasteiger partial charge in [-0.15, -0.1) is 0 Å². The molecule has 1 saturated heterocycles. The minimum Gasteiger partial charge on any atom is -0.494 e. The standard InChI is InChI=1S/C19H20Cl2N4O3/c1-19(2)14-15(20)22-18(21)23-16(14)25(17(19)26)12-5-4-11(10-13(12)27-3)24-6-8-28-9-7-24/h4-5,10H,6-9H2,1-3H3. The zero-order valence-electron chi connectivity index (χ0n) is 15.8. The van der Waals surface area contributed by atoms with Crippen LogP contribution in [-0.4, -0.2) is 49.3 Å². The van der Waals surface area contributed by atoms with Gasteiger partial charge in [0.1, 0.15) is 10.9 Å². The number of methoxy groups -OCH3 is 1. The molecule has 1 aromatic carbocycles. The number of halogens is 2. The van der Waals surface area contributed by atoms with Crippen LogP contribution in [0.3, 0.4) is 0 Å². The molecule has 3 heterocycles. The summed E-state index contributed by atoms with van der Waals surface area (Å²) in [6, 6.07) is 5.74. The van der Waals surface area contributed by atoms with Gasteiger partial charge < -0.3 is 14.4 Å². The van der Waals surface area contributed by atoms with E-state index < -0.39 is 5.41 Å². The number of benzene rings is 1. The van der Waals surface area contributed by atoms with Crippen LogP contribution in [0.4, 0.5) is 17.2 Å². The van der Waals surface area contributed by atoms with E-state index in [1.165, 1.54) is 4.90 Å². The Balaban J connectivity index is 1.82. The molecular formula is C19H20Cl2N4O3. The fourth-order valence-corrected chi connectivity index (χ4v) is 4.28. The molecular weight excluding hydrogens is 403 g/mol. The van der Waals surface area contributed by atoms with E-state index in [0.717, 1.165) is 18.8 Å². The Kier molecular flexibility index (Phi) is 4.85. The molecule has 28 heavy (non-hydrogen) atoms. The lowest BCUT2D eigenvalue weighted by Crippen LogP contribution is -2.36. The summed E-state index contributed by atoms with van der Waals surface area (Å²) < 4.78 is 11.0. The van der Waals surface area contributed by atoms with Crippen molar-refractivity contribution < 1.29 is 14.3 Å². The van der Waals surface area contributed by atoms with Crippen molar-refractivity contribution >= 4 is 46.3 Å². The molecule has 0 N–H and O–H groups in total. The second kappa shape index (κ2) is 7.06. The maximum absolute atomic E-state index is 13.3. The van der Waals surface area contributed by atoms with Crippen LogP contribution in [0, 0.1) is 0 Å². The number of fused-ring (bicyclic) bond motifs is 1. The zero-order valence-corrected chi connectivity index (χ0v) is 17.3. The second-order valence-corrected chi connectivity index (χ2v) is 7.90. The molecule has 4 rings (SSSR count). The van der Waals surface area contributed by atoms with Gasteiger partial charge in [0.15, 0.2) is 5.82 Å². The van der Waals surface area contributed by atoms with Crippen LogP contribution in [0.1, 0.15) is 19.4 Å². The van der Waals surface area contributed by atoms with E-state index >= 15 is 0 Å². The Hall–Kier alpha value is -2.09. The van der Waals surface area contributed by atoms with Gasteiger partial charge in [0.05, 0.1) is 31.4 Å². The number of aromatic nitrogens is 2. The highest BCUT2D eigenvalue weighted by Gasteiger charge is 2.48. The zero-order chi connectivity index (χ0) is 20.1. The number of hydrogen-bond acceptors (Lipinski definition) is 6. The molecule has 1 fully saturated rings. The van der Waals surface area contributed by atoms with Gasteiger partial charge in [0, 0.05) is 30.4 Å². The maximum Gasteiger partial charge on any atom is 0.243 e. The van der Waals surface area contributed by atoms with Crippen molar-refractivity contribution in [1.82, 2.24) is 9.97 Å². The summed E-state index contributed by atoms with van der Waals surface area (Å²) in [5, 5.41) is 0.169. The molecule has 2 aliphatic rings. The van der Waals surface area contributed by atoms with Crippen LogP contribution >= 0.6 is 23.2 Å². The number of rotatable bonds is 3. The van der Waals surface area contributed by atoms with E-state index in [1.54, 1.807) is 21.0 Å². The lowest BCUT2D eigenvalue weighted by molar-refractivity contribution is -0.121. The fraction of sp³-hybridized carbons (Fsp3) is 0.421. The van der Waals surface area contributed by atoms with Crippen molar-refractivity contribution in [3.63, 3.8) is 0 Å². The highest BCUT2D eigenvalue weighted by Crippen LogP contribution is 2.49. The number of carbonyl (C=O) groups is 1. The summed E-state index contributed by atoms with van der Waals surface area (Å²) >= 11 is 12.3. The quantitative estimate of drug-likeness (QED) is 0.556. The van der Waals surface area contributed by atoms with Gasteiger partial charge in [0.2, 0.25) is 11.2 Å². The van der Waals surface area contributed by atoms with E-state index in [-0.39, 0.29) is 16.3 Å². The average Bonchev–Trinajstić information content (AvgIpc) is 2.87. The Morgan fingerprint density at radius 3 is 2.57 bits per heavy atom. The average molecular weight is 423 g/mol. The topological polar surface area (TPSA) is 67.8 Å². The van der Waals surface area contributed by atoms with Crippen molar-refractivity contribution in [2.24, 2.45) is 0 Å². The minimum absolute atomic E-state index is 0.0110. The molecule has 148 valence electrons. The number of morpholine rings is 1. The van der Waals surface area contributed by atoms with E-state index in [1.807, 2.05) is 18.2 Å². The molecule has 1 amide bonds. The molecule has 0 aliphatic carbocycles. The molecule has 0 spiro atoms. The van der Waals surface area contributed by atoms with Crippen LogP contribution in [0.2, 0.25) is 10.4 Å². The van der Waals surface area contributed by atoms with E-state index in [2.05, 4.69) is 14.9 Å². The van der Waals surface area contributed by atoms with Gasteiger partial charge in [-0.25, -0.2) is 4.98 Å². The summed E-state index contributed by atoms with van der Waals surface area (Å²) in [6.45, 7) is 6.57. The maximum atomic E-state index is 13.3. The molecule has 7 nitrogen and oxygen atoms in total. The monoisotopic (exact) mass is 422 g/mol. The van der Waals surface area contributed by atoms with E-state index in [0.29, 0.717) is 36.0 Å². The summed E-state index contributed by atoms with van der Waals surface area (Å²) in [7, 11) is 1.58. The highest BCUT2D eigenvalue weighted by atomic mass is 35.5. The predicted molar refractivity (Wildman–Crippen MR) is 108 cm³/mol. The Morgan fingerprint density at radius 2 is 1.89 bits per heavy atom. The summed E-state index contributed by atoms with van der Waals surface area (Å²) in [5.41, 5.74) is 1.27. The predicted octanol–water partition coefficient (Wildman–Crippen LogP) is 3.58. The first-order valence-electron chi connectivity index (χ1n) is 8.93. The minimum atomic E-state index is -0.884. The van der Waals surface area contributed by atoms with Gasteiger partial charge in [-0.1, -0.05) is 11.6 Å². The van der Waals surface area contributed by atoms with Crippen molar-refractivity contribution in [2.75, 3.05) is 43.2 Å². The number of nitrogens with zero attached hydrogens (tertiary/aromatic N) is 4. The number of hydrogen-bond donors (Lipinski definition) is 0. The van der Waals surface area contributed by atoms with Crippen molar-refractivity contribution in [3.8, 4) is 5.75 Å². The molecule has 0 bridgehead atoms. The van der Waals surface area contributed by atoms with Gasteiger partial charge in [-0.05, 0) is 37.6 Å². The normalized spacial score (nSPS) is 18.4. The van der Waals surface area contributed by atoms with Crippen molar-refractivity contribution in [1.29, 1.82) is 0 Å². The van der Waals surface area contributed by atoms with Crippen molar-refractivity contribution in [3.05, 3.63) is 34.2 Å². The Morgan fingerprint density at radius 1 is 1.18 bits per heavy atom. The third-order valence-electron chi connectivity index (χ3n) is 5.17. The molecule has 1 aromatic heterocycles. The van der Waals surface area contributed by atoms with Crippen LogP contribution < -0.4 is 14.5 Å². The third kappa shape index (κ3) is 2.98. The Bertz CT molecular complexity index is 945. The number of ether oxygens (including phenoxy) is 2. The van der Waals surface area contributed by atoms with Gasteiger partial charge in [0.25, 0.3) is 0 Å². The Labute approximate surface area is 173 Å². The number of amides is 1. The van der Waals surface area contributed by atoms with E-state index in [4.69, 9.17) is 32.7 Å². The summed E-state index contributed by atoms with van der Waals surface area (Å²) in [4.78, 5) is 25.3. The summed E-state index contributed by atoms with van der Waals surface area (Å²) in [5.74, 6) is 0.780. The second-order valence-electron chi connectivity index (χ2n) is 7.20. The lowest BCUT2D eigenvalue weighted by atomic mass is 9.88. The van der Waals surface area contributed by atoms with Crippen molar-refractivity contribution in [2.45, 2.75) is 19.3 Å². The fourth-order valence-electron chi connectivity index (χ4n) is 3.67. The molecule has 0 saturated carbocycles. The molecule has 2 aliphatic heterocycles. The number of carbonyl (C=O) groups excluding carboxylic acids is 1. The lowest BCUT2D eigenvalue weighted by Gasteiger charge is -2.30. The van der Waals surface area contributed by atoms with Crippen LogP contribution in [0.5, 0.6) is 5.75 Å². The molecule has 0 atom stereocenters. The van der Waals surface area contributed by atoms with Gasteiger partial charge >= 0.3 is 0 Å². The van der Waals surface area contributed by atoms with Gasteiger partial charge in [-0.2, -0.15) is 4.98 Å². The molecule has 0 unspecified atom stereocenters. The first-order valence-corrected chi connectivity index (χ1v) is 9.69. The largest absolute Gasteiger partial charge is 0.494 e. The van der Waals surface area contributed by atoms with Gasteiger partial charge in [-0.3, -0.25) is 9.69 Å². The first kappa shape index (κ1) is 19.2. The van der Waals surface area contributed by atoms with Crippen LogP contribution in [0.15, 0.2) is 18.2 Å². The van der Waals surface area contributed by atoms with E-state index in [9.17, 15) is 4.79 Å². The molecule has 2 aromatic rings. The molecule has 0 radical (unpaired) electrons. The first-order chi connectivity index (χ1) is 13.3. The smallest absolute Gasteiger partial charge is 0.243 e. The molecule has 9 heteroatoms. The highest BCUT2D eigenvalue weighted by molar-refractivity contribution is 6.34. The van der Waals surface area contributed by atoms with Crippen LogP contribution in [-0.2, 0) is 14.9 Å². The van der Waals surface area contributed by atoms with Crippen LogP contribution in [0.25, 0.3) is 0 Å². The summed E-state index contributed by atoms with van der Waals surface area (Å²) in [6.07, 6.45) is 0. The SMILES string of the molecule is COc1cc(N2CCOCC2)ccc1N1C(=O)C(C)(C)c2c(Cl)nc(Cl)nc21. The third-order valence-corrected chi connectivity index (χ3v) is 5.62. The number of anilines is 3.